The van der Waals surface area contributed by atoms with Crippen molar-refractivity contribution in [1.82, 2.24) is 10.6 Å². The molecule has 0 saturated heterocycles. The largest absolute Gasteiger partial charge is 0.494 e. The standard InChI is InChI=1S/C16H27N3O3S.HI/c1-3-17-16(19-12-14-23(20,21)4-2)18-11-8-13-22-15-9-6-5-7-10-15;/h5-7,9-10H,3-4,8,11-14H2,1-2H3,(H2,17,18,19);1H. The van der Waals surface area contributed by atoms with Gasteiger partial charge in [0.05, 0.1) is 12.4 Å². The van der Waals surface area contributed by atoms with Crippen molar-refractivity contribution in [2.45, 2.75) is 20.3 Å². The molecular weight excluding hydrogens is 441 g/mol. The smallest absolute Gasteiger partial charge is 0.191 e. The molecule has 8 heteroatoms. The summed E-state index contributed by atoms with van der Waals surface area (Å²) in [7, 11) is -2.96. The second-order valence-electron chi connectivity index (χ2n) is 4.94. The number of aliphatic imine (C=N–C) groups is 1. The number of sulfone groups is 1. The van der Waals surface area contributed by atoms with E-state index in [0.717, 1.165) is 18.7 Å². The molecule has 1 rings (SSSR count). The van der Waals surface area contributed by atoms with Gasteiger partial charge in [0.15, 0.2) is 15.8 Å². The molecule has 0 amide bonds. The van der Waals surface area contributed by atoms with E-state index in [9.17, 15) is 8.42 Å². The van der Waals surface area contributed by atoms with Crippen LogP contribution in [0.4, 0.5) is 0 Å². The summed E-state index contributed by atoms with van der Waals surface area (Å²) in [6.07, 6.45) is 0.790. The Hall–Kier alpha value is -1.03. The zero-order valence-electron chi connectivity index (χ0n) is 14.3. The molecule has 0 aliphatic carbocycles. The number of hydrogen-bond acceptors (Lipinski definition) is 4. The van der Waals surface area contributed by atoms with Gasteiger partial charge < -0.3 is 15.4 Å². The molecule has 2 N–H and O–H groups in total. The van der Waals surface area contributed by atoms with Crippen LogP contribution in [0, 0.1) is 0 Å². The number of benzene rings is 1. The van der Waals surface area contributed by atoms with Crippen LogP contribution in [0.1, 0.15) is 20.3 Å². The van der Waals surface area contributed by atoms with Crippen molar-refractivity contribution >= 4 is 39.8 Å². The summed E-state index contributed by atoms with van der Waals surface area (Å²) in [4.78, 5) is 4.41. The molecule has 0 radical (unpaired) electrons. The third kappa shape index (κ3) is 10.7. The fourth-order valence-corrected chi connectivity index (χ4v) is 2.47. The minimum absolute atomic E-state index is 0. The molecule has 0 aromatic heterocycles. The second-order valence-corrected chi connectivity index (χ2v) is 7.41. The highest BCUT2D eigenvalue weighted by molar-refractivity contribution is 14.0. The van der Waals surface area contributed by atoms with Crippen LogP contribution in [0.3, 0.4) is 0 Å². The van der Waals surface area contributed by atoms with Gasteiger partial charge in [-0.15, -0.1) is 24.0 Å². The SMILES string of the molecule is CCNC(=NCCCOc1ccccc1)NCCS(=O)(=O)CC.I. The maximum atomic E-state index is 11.5. The van der Waals surface area contributed by atoms with Crippen molar-refractivity contribution in [2.24, 2.45) is 4.99 Å². The van der Waals surface area contributed by atoms with Gasteiger partial charge in [0.2, 0.25) is 0 Å². The molecule has 0 heterocycles. The molecule has 0 saturated carbocycles. The van der Waals surface area contributed by atoms with E-state index in [2.05, 4.69) is 15.6 Å². The quantitative estimate of drug-likeness (QED) is 0.237. The molecule has 0 spiro atoms. The van der Waals surface area contributed by atoms with Gasteiger partial charge in [-0.1, -0.05) is 25.1 Å². The lowest BCUT2D eigenvalue weighted by molar-refractivity contribution is 0.313. The van der Waals surface area contributed by atoms with Gasteiger partial charge in [0.25, 0.3) is 0 Å². The number of nitrogens with zero attached hydrogens (tertiary/aromatic N) is 1. The van der Waals surface area contributed by atoms with Crippen LogP contribution in [0.5, 0.6) is 5.75 Å². The van der Waals surface area contributed by atoms with Crippen LogP contribution in [0.2, 0.25) is 0 Å². The third-order valence-corrected chi connectivity index (χ3v) is 4.78. The lowest BCUT2D eigenvalue weighted by atomic mass is 10.3. The maximum Gasteiger partial charge on any atom is 0.191 e. The van der Waals surface area contributed by atoms with Crippen LogP contribution in [-0.4, -0.2) is 52.1 Å². The average molecular weight is 469 g/mol. The van der Waals surface area contributed by atoms with Gasteiger partial charge in [-0.3, -0.25) is 4.99 Å². The van der Waals surface area contributed by atoms with E-state index in [0.29, 0.717) is 25.7 Å². The van der Waals surface area contributed by atoms with Crippen molar-refractivity contribution in [1.29, 1.82) is 0 Å². The molecule has 0 aliphatic heterocycles. The lowest BCUT2D eigenvalue weighted by Crippen LogP contribution is -2.39. The van der Waals surface area contributed by atoms with Gasteiger partial charge in [-0.05, 0) is 19.1 Å². The monoisotopic (exact) mass is 469 g/mol. The van der Waals surface area contributed by atoms with E-state index in [1.54, 1.807) is 6.92 Å². The van der Waals surface area contributed by atoms with Crippen LogP contribution in [0.15, 0.2) is 35.3 Å². The van der Waals surface area contributed by atoms with Crippen LogP contribution >= 0.6 is 24.0 Å². The number of halogens is 1. The molecule has 0 bridgehead atoms. The molecule has 0 atom stereocenters. The summed E-state index contributed by atoms with van der Waals surface area (Å²) in [6, 6.07) is 9.66. The number of guanidine groups is 1. The van der Waals surface area contributed by atoms with Gasteiger partial charge in [0.1, 0.15) is 5.75 Å². The maximum absolute atomic E-state index is 11.5. The Labute approximate surface area is 162 Å². The first kappa shape index (κ1) is 23.0. The molecule has 0 fully saturated rings. The Bertz CT molecular complexity index is 565. The number of ether oxygens (including phenoxy) is 1. The van der Waals surface area contributed by atoms with E-state index in [1.807, 2.05) is 37.3 Å². The normalized spacial score (nSPS) is 11.5. The van der Waals surface area contributed by atoms with Gasteiger partial charge >= 0.3 is 0 Å². The highest BCUT2D eigenvalue weighted by atomic mass is 127. The topological polar surface area (TPSA) is 79.8 Å². The van der Waals surface area contributed by atoms with Crippen LogP contribution in [-0.2, 0) is 9.84 Å². The van der Waals surface area contributed by atoms with E-state index < -0.39 is 9.84 Å². The van der Waals surface area contributed by atoms with Crippen molar-refractivity contribution in [3.8, 4) is 5.75 Å². The Kier molecular flexibility index (Phi) is 12.7. The van der Waals surface area contributed by atoms with Gasteiger partial charge in [-0.25, -0.2) is 8.42 Å². The summed E-state index contributed by atoms with van der Waals surface area (Å²) in [6.45, 7) is 5.93. The molecule has 1 aromatic carbocycles. The lowest BCUT2D eigenvalue weighted by Gasteiger charge is -2.11. The minimum Gasteiger partial charge on any atom is -0.494 e. The predicted molar refractivity (Wildman–Crippen MR) is 110 cm³/mol. The fraction of sp³-hybridized carbons (Fsp3) is 0.562. The molecule has 0 aliphatic rings. The Morgan fingerprint density at radius 2 is 1.88 bits per heavy atom. The van der Waals surface area contributed by atoms with Crippen molar-refractivity contribution in [3.05, 3.63) is 30.3 Å². The Morgan fingerprint density at radius 3 is 2.50 bits per heavy atom. The van der Waals surface area contributed by atoms with Crippen LogP contribution in [0.25, 0.3) is 0 Å². The zero-order valence-corrected chi connectivity index (χ0v) is 17.5. The highest BCUT2D eigenvalue weighted by Crippen LogP contribution is 2.08. The van der Waals surface area contributed by atoms with E-state index in [-0.39, 0.29) is 35.5 Å². The van der Waals surface area contributed by atoms with Crippen LogP contribution < -0.4 is 15.4 Å². The second kappa shape index (κ2) is 13.3. The molecule has 1 aromatic rings. The van der Waals surface area contributed by atoms with E-state index in [1.165, 1.54) is 0 Å². The summed E-state index contributed by atoms with van der Waals surface area (Å²) < 4.78 is 28.5. The number of nitrogens with one attached hydrogen (secondary N) is 2. The average Bonchev–Trinajstić information content (AvgIpc) is 2.55. The van der Waals surface area contributed by atoms with E-state index in [4.69, 9.17) is 4.74 Å². The molecule has 24 heavy (non-hydrogen) atoms. The highest BCUT2D eigenvalue weighted by Gasteiger charge is 2.07. The van der Waals surface area contributed by atoms with E-state index >= 15 is 0 Å². The van der Waals surface area contributed by atoms with Crippen molar-refractivity contribution < 1.29 is 13.2 Å². The fourth-order valence-electron chi connectivity index (χ4n) is 1.77. The number of hydrogen-bond donors (Lipinski definition) is 2. The summed E-state index contributed by atoms with van der Waals surface area (Å²) >= 11 is 0. The Balaban J connectivity index is 0.00000529. The predicted octanol–water partition coefficient (Wildman–Crippen LogP) is 2.06. The molecule has 0 unspecified atom stereocenters. The van der Waals surface area contributed by atoms with Crippen molar-refractivity contribution in [3.63, 3.8) is 0 Å². The summed E-state index contributed by atoms with van der Waals surface area (Å²) in [5.41, 5.74) is 0. The minimum atomic E-state index is -2.96. The Morgan fingerprint density at radius 1 is 1.17 bits per heavy atom. The summed E-state index contributed by atoms with van der Waals surface area (Å²) in [5.74, 6) is 1.77. The number of para-hydroxylation sites is 1. The zero-order chi connectivity index (χ0) is 17.0. The molecule has 138 valence electrons. The first-order valence-electron chi connectivity index (χ1n) is 7.98. The first-order valence-corrected chi connectivity index (χ1v) is 9.80. The van der Waals surface area contributed by atoms with Gasteiger partial charge in [0, 0.05) is 31.8 Å². The van der Waals surface area contributed by atoms with Crippen molar-refractivity contribution in [2.75, 3.05) is 37.7 Å². The van der Waals surface area contributed by atoms with Gasteiger partial charge in [-0.2, -0.15) is 0 Å². The number of rotatable bonds is 10. The first-order chi connectivity index (χ1) is 11.1. The molecule has 6 nitrogen and oxygen atoms in total. The third-order valence-electron chi connectivity index (χ3n) is 3.07. The summed E-state index contributed by atoms with van der Waals surface area (Å²) in [5, 5.41) is 6.14. The molecular formula is C16H28IN3O3S.